The minimum atomic E-state index is 0.0522. The van der Waals surface area contributed by atoms with E-state index in [1.165, 1.54) is 0 Å². The third-order valence-corrected chi connectivity index (χ3v) is 1.70. The van der Waals surface area contributed by atoms with E-state index in [0.29, 0.717) is 0 Å². The van der Waals surface area contributed by atoms with Gasteiger partial charge in [-0.05, 0) is 12.8 Å². The molecule has 1 fully saturated rings. The van der Waals surface area contributed by atoms with Crippen LogP contribution >= 0.6 is 11.6 Å². The minimum absolute atomic E-state index is 0.0522. The summed E-state index contributed by atoms with van der Waals surface area (Å²) >= 11 is 5.71. The molecule has 0 bridgehead atoms. The van der Waals surface area contributed by atoms with E-state index in [2.05, 4.69) is 10.9 Å². The topological polar surface area (TPSA) is 33.3 Å². The van der Waals surface area contributed by atoms with Crippen molar-refractivity contribution in [1.29, 1.82) is 0 Å². The van der Waals surface area contributed by atoms with Gasteiger partial charge in [0.05, 0.1) is 5.50 Å². The standard InChI is InChI=1S/C5H11ClN2O/c1-9-5-3-2-4(6)7-8-5/h4-5,7-8H,2-3H2,1H3. The first-order chi connectivity index (χ1) is 4.33. The highest BCUT2D eigenvalue weighted by Gasteiger charge is 2.16. The van der Waals surface area contributed by atoms with Crippen molar-refractivity contribution in [2.45, 2.75) is 24.6 Å². The third kappa shape index (κ3) is 2.10. The molecule has 2 atom stereocenters. The second kappa shape index (κ2) is 3.37. The molecular weight excluding hydrogens is 140 g/mol. The molecule has 1 rings (SSSR count). The molecule has 54 valence electrons. The predicted molar refractivity (Wildman–Crippen MR) is 35.9 cm³/mol. The largest absolute Gasteiger partial charge is 0.365 e. The van der Waals surface area contributed by atoms with E-state index in [4.69, 9.17) is 16.3 Å². The summed E-state index contributed by atoms with van der Waals surface area (Å²) in [6.45, 7) is 0. The molecular formula is C5H11ClN2O. The Labute approximate surface area is 59.7 Å². The zero-order valence-corrected chi connectivity index (χ0v) is 6.11. The zero-order valence-electron chi connectivity index (χ0n) is 5.36. The Morgan fingerprint density at radius 1 is 1.44 bits per heavy atom. The number of hydrazine groups is 1. The fourth-order valence-electron chi connectivity index (χ4n) is 0.802. The molecule has 0 aliphatic carbocycles. The Balaban J connectivity index is 2.18. The van der Waals surface area contributed by atoms with Crippen LogP contribution in [0, 0.1) is 0 Å². The van der Waals surface area contributed by atoms with Gasteiger partial charge in [-0.1, -0.05) is 0 Å². The molecule has 0 aromatic heterocycles. The van der Waals surface area contributed by atoms with Crippen molar-refractivity contribution in [3.8, 4) is 0 Å². The molecule has 0 amide bonds. The maximum Gasteiger partial charge on any atom is 0.120 e. The molecule has 0 spiro atoms. The van der Waals surface area contributed by atoms with Crippen molar-refractivity contribution in [2.75, 3.05) is 7.11 Å². The van der Waals surface area contributed by atoms with Gasteiger partial charge in [-0.2, -0.15) is 0 Å². The highest BCUT2D eigenvalue weighted by molar-refractivity contribution is 6.20. The SMILES string of the molecule is COC1CCC(Cl)NN1. The van der Waals surface area contributed by atoms with Crippen molar-refractivity contribution < 1.29 is 4.74 Å². The van der Waals surface area contributed by atoms with Crippen LogP contribution in [0.15, 0.2) is 0 Å². The summed E-state index contributed by atoms with van der Waals surface area (Å²) < 4.78 is 5.01. The molecule has 0 aromatic rings. The molecule has 1 saturated heterocycles. The highest BCUT2D eigenvalue weighted by Crippen LogP contribution is 2.08. The smallest absolute Gasteiger partial charge is 0.120 e. The van der Waals surface area contributed by atoms with Gasteiger partial charge < -0.3 is 4.74 Å². The Kier molecular flexibility index (Phi) is 2.72. The summed E-state index contributed by atoms with van der Waals surface area (Å²) in [5.74, 6) is 0. The van der Waals surface area contributed by atoms with Crippen LogP contribution in [0.25, 0.3) is 0 Å². The lowest BCUT2D eigenvalue weighted by molar-refractivity contribution is 0.0335. The maximum absolute atomic E-state index is 5.71. The summed E-state index contributed by atoms with van der Waals surface area (Å²) in [4.78, 5) is 0. The molecule has 1 heterocycles. The van der Waals surface area contributed by atoms with Crippen LogP contribution in [0.1, 0.15) is 12.8 Å². The number of hydrogen-bond acceptors (Lipinski definition) is 3. The van der Waals surface area contributed by atoms with E-state index < -0.39 is 0 Å². The van der Waals surface area contributed by atoms with Crippen LogP contribution in [0.3, 0.4) is 0 Å². The minimum Gasteiger partial charge on any atom is -0.365 e. The Bertz CT molecular complexity index is 83.0. The molecule has 1 aliphatic rings. The van der Waals surface area contributed by atoms with Crippen LogP contribution in [0.4, 0.5) is 0 Å². The Morgan fingerprint density at radius 2 is 2.22 bits per heavy atom. The molecule has 2 N–H and O–H groups in total. The van der Waals surface area contributed by atoms with E-state index >= 15 is 0 Å². The van der Waals surface area contributed by atoms with E-state index in [1.807, 2.05) is 0 Å². The van der Waals surface area contributed by atoms with Crippen LogP contribution < -0.4 is 10.9 Å². The summed E-state index contributed by atoms with van der Waals surface area (Å²) in [5.41, 5.74) is 5.84. The van der Waals surface area contributed by atoms with Gasteiger partial charge in [-0.3, -0.25) is 0 Å². The molecule has 0 aromatic carbocycles. The van der Waals surface area contributed by atoms with E-state index in [9.17, 15) is 0 Å². The van der Waals surface area contributed by atoms with Gasteiger partial charge in [0.2, 0.25) is 0 Å². The summed E-state index contributed by atoms with van der Waals surface area (Å²) in [7, 11) is 1.67. The lowest BCUT2D eigenvalue weighted by Crippen LogP contribution is -2.50. The van der Waals surface area contributed by atoms with Crippen LogP contribution in [-0.2, 0) is 4.74 Å². The number of alkyl halides is 1. The first-order valence-electron chi connectivity index (χ1n) is 3.01. The van der Waals surface area contributed by atoms with E-state index in [0.717, 1.165) is 12.8 Å². The lowest BCUT2D eigenvalue weighted by atomic mass is 10.2. The molecule has 4 heteroatoms. The van der Waals surface area contributed by atoms with Crippen LogP contribution in [0.2, 0.25) is 0 Å². The number of methoxy groups -OCH3 is 1. The molecule has 1 aliphatic heterocycles. The number of halogens is 1. The third-order valence-electron chi connectivity index (χ3n) is 1.37. The van der Waals surface area contributed by atoms with Gasteiger partial charge in [0.1, 0.15) is 6.23 Å². The van der Waals surface area contributed by atoms with E-state index in [1.54, 1.807) is 7.11 Å². The predicted octanol–water partition coefficient (Wildman–Crippen LogP) is 0.412. The first-order valence-corrected chi connectivity index (χ1v) is 3.44. The maximum atomic E-state index is 5.71. The van der Waals surface area contributed by atoms with Crippen molar-refractivity contribution in [1.82, 2.24) is 10.9 Å². The normalized spacial score (nSPS) is 36.7. The number of nitrogens with one attached hydrogen (secondary N) is 2. The van der Waals surface area contributed by atoms with Crippen molar-refractivity contribution in [3.05, 3.63) is 0 Å². The van der Waals surface area contributed by atoms with Gasteiger partial charge in [0, 0.05) is 7.11 Å². The second-order valence-corrected chi connectivity index (χ2v) is 2.58. The fourth-order valence-corrected chi connectivity index (χ4v) is 0.991. The van der Waals surface area contributed by atoms with Gasteiger partial charge in [0.15, 0.2) is 0 Å². The van der Waals surface area contributed by atoms with Crippen molar-refractivity contribution in [3.63, 3.8) is 0 Å². The van der Waals surface area contributed by atoms with Gasteiger partial charge in [-0.15, -0.1) is 11.6 Å². The number of ether oxygens (including phenoxy) is 1. The molecule has 2 unspecified atom stereocenters. The average molecular weight is 151 g/mol. The number of hydrogen-bond donors (Lipinski definition) is 2. The van der Waals surface area contributed by atoms with Crippen molar-refractivity contribution >= 4 is 11.6 Å². The summed E-state index contributed by atoms with van der Waals surface area (Å²) in [6.07, 6.45) is 2.05. The fraction of sp³-hybridized carbons (Fsp3) is 1.00. The zero-order chi connectivity index (χ0) is 6.69. The number of rotatable bonds is 1. The quantitative estimate of drug-likeness (QED) is 0.420. The molecule has 0 radical (unpaired) electrons. The van der Waals surface area contributed by atoms with Gasteiger partial charge in [-0.25, -0.2) is 10.9 Å². The second-order valence-electron chi connectivity index (χ2n) is 2.06. The van der Waals surface area contributed by atoms with Gasteiger partial charge >= 0.3 is 0 Å². The van der Waals surface area contributed by atoms with Crippen molar-refractivity contribution in [2.24, 2.45) is 0 Å². The molecule has 0 saturated carbocycles. The molecule has 9 heavy (non-hydrogen) atoms. The van der Waals surface area contributed by atoms with Crippen LogP contribution in [-0.4, -0.2) is 18.8 Å². The Hall–Kier alpha value is 0.170. The van der Waals surface area contributed by atoms with Crippen LogP contribution in [0.5, 0.6) is 0 Å². The summed E-state index contributed by atoms with van der Waals surface area (Å²) in [5, 5.41) is 0. The monoisotopic (exact) mass is 150 g/mol. The summed E-state index contributed by atoms with van der Waals surface area (Å²) in [6, 6.07) is 0. The highest BCUT2D eigenvalue weighted by atomic mass is 35.5. The first kappa shape index (κ1) is 7.28. The lowest BCUT2D eigenvalue weighted by Gasteiger charge is -2.26. The molecule has 3 nitrogen and oxygen atoms in total. The van der Waals surface area contributed by atoms with E-state index in [-0.39, 0.29) is 11.7 Å². The Morgan fingerprint density at radius 3 is 2.67 bits per heavy atom. The average Bonchev–Trinajstić information content (AvgIpc) is 1.90. The van der Waals surface area contributed by atoms with Gasteiger partial charge in [0.25, 0.3) is 0 Å².